The third-order valence-corrected chi connectivity index (χ3v) is 3.18. The summed E-state index contributed by atoms with van der Waals surface area (Å²) in [5.41, 5.74) is 0. The molecule has 0 bridgehead atoms. The van der Waals surface area contributed by atoms with Crippen molar-refractivity contribution in [2.45, 2.75) is 71.6 Å². The van der Waals surface area contributed by atoms with Gasteiger partial charge in [0.25, 0.3) is 0 Å². The molecule has 0 aliphatic carbocycles. The zero-order valence-corrected chi connectivity index (χ0v) is 10.8. The molecule has 15 heavy (non-hydrogen) atoms. The van der Waals surface area contributed by atoms with Crippen LogP contribution in [0.15, 0.2) is 0 Å². The van der Waals surface area contributed by atoms with Gasteiger partial charge in [0.1, 0.15) is 0 Å². The van der Waals surface area contributed by atoms with Crippen molar-refractivity contribution in [1.29, 1.82) is 0 Å². The Morgan fingerprint density at radius 2 is 2.00 bits per heavy atom. The van der Waals surface area contributed by atoms with Crippen LogP contribution in [-0.4, -0.2) is 24.8 Å². The minimum atomic E-state index is 0.499. The van der Waals surface area contributed by atoms with Gasteiger partial charge in [-0.2, -0.15) is 0 Å². The second-order valence-electron chi connectivity index (χ2n) is 5.39. The van der Waals surface area contributed by atoms with Gasteiger partial charge < -0.3 is 10.1 Å². The lowest BCUT2D eigenvalue weighted by molar-refractivity contribution is 0.0474. The third kappa shape index (κ3) is 5.53. The smallest absolute Gasteiger partial charge is 0.0579 e. The minimum Gasteiger partial charge on any atom is -0.375 e. The summed E-state index contributed by atoms with van der Waals surface area (Å²) < 4.78 is 5.82. The van der Waals surface area contributed by atoms with E-state index in [1.54, 1.807) is 0 Å². The van der Waals surface area contributed by atoms with Crippen molar-refractivity contribution in [3.8, 4) is 0 Å². The zero-order chi connectivity index (χ0) is 11.3. The molecule has 3 atom stereocenters. The Morgan fingerprint density at radius 1 is 1.27 bits per heavy atom. The van der Waals surface area contributed by atoms with Gasteiger partial charge in [-0.25, -0.2) is 0 Å². The second-order valence-corrected chi connectivity index (χ2v) is 5.39. The van der Waals surface area contributed by atoms with Crippen molar-refractivity contribution in [3.05, 3.63) is 0 Å². The van der Waals surface area contributed by atoms with E-state index >= 15 is 0 Å². The van der Waals surface area contributed by atoms with Crippen LogP contribution in [0.5, 0.6) is 0 Å². The predicted molar refractivity (Wildman–Crippen MR) is 65.1 cm³/mol. The zero-order valence-electron chi connectivity index (χ0n) is 10.8. The minimum absolute atomic E-state index is 0.499. The van der Waals surface area contributed by atoms with E-state index in [4.69, 9.17) is 4.74 Å². The lowest BCUT2D eigenvalue weighted by Crippen LogP contribution is -2.28. The Morgan fingerprint density at radius 3 is 2.53 bits per heavy atom. The number of hydrogen-bond acceptors (Lipinski definition) is 2. The van der Waals surface area contributed by atoms with Crippen molar-refractivity contribution < 1.29 is 4.74 Å². The Hall–Kier alpha value is -0.0800. The first-order chi connectivity index (χ1) is 7.08. The van der Waals surface area contributed by atoms with Crippen LogP contribution < -0.4 is 5.32 Å². The molecule has 1 rings (SSSR count). The van der Waals surface area contributed by atoms with E-state index < -0.39 is 0 Å². The van der Waals surface area contributed by atoms with E-state index in [2.05, 4.69) is 33.0 Å². The van der Waals surface area contributed by atoms with Crippen LogP contribution in [0.1, 0.15) is 53.4 Å². The second kappa shape index (κ2) is 6.49. The van der Waals surface area contributed by atoms with Crippen molar-refractivity contribution in [3.63, 3.8) is 0 Å². The molecule has 1 saturated heterocycles. The van der Waals surface area contributed by atoms with Gasteiger partial charge in [0.05, 0.1) is 12.2 Å². The molecule has 3 unspecified atom stereocenters. The van der Waals surface area contributed by atoms with E-state index in [1.165, 1.54) is 25.7 Å². The molecular formula is C13H27NO. The number of nitrogens with one attached hydrogen (secondary N) is 1. The summed E-state index contributed by atoms with van der Waals surface area (Å²) in [7, 11) is 0. The molecule has 0 radical (unpaired) electrons. The van der Waals surface area contributed by atoms with E-state index in [-0.39, 0.29) is 0 Å². The molecule has 2 heteroatoms. The van der Waals surface area contributed by atoms with Gasteiger partial charge in [0.15, 0.2) is 0 Å². The summed E-state index contributed by atoms with van der Waals surface area (Å²) >= 11 is 0. The summed E-state index contributed by atoms with van der Waals surface area (Å²) in [6.07, 6.45) is 6.09. The molecule has 2 nitrogen and oxygen atoms in total. The standard InChI is InChI=1S/C13H27NO/c1-10(2)14-9-11(3)5-7-13-8-6-12(4)15-13/h10-14H,5-9H2,1-4H3. The quantitative estimate of drug-likeness (QED) is 0.732. The van der Waals surface area contributed by atoms with E-state index in [9.17, 15) is 0 Å². The van der Waals surface area contributed by atoms with Crippen LogP contribution in [0.2, 0.25) is 0 Å². The van der Waals surface area contributed by atoms with Gasteiger partial charge in [-0.1, -0.05) is 20.8 Å². The van der Waals surface area contributed by atoms with E-state index in [1.807, 2.05) is 0 Å². The molecule has 0 amide bonds. The molecule has 0 saturated carbocycles. The van der Waals surface area contributed by atoms with Crippen LogP contribution in [0.25, 0.3) is 0 Å². The highest BCUT2D eigenvalue weighted by atomic mass is 16.5. The monoisotopic (exact) mass is 213 g/mol. The summed E-state index contributed by atoms with van der Waals surface area (Å²) in [6.45, 7) is 10.1. The molecule has 0 aromatic rings. The molecular weight excluding hydrogens is 186 g/mol. The molecule has 0 spiro atoms. The van der Waals surface area contributed by atoms with Gasteiger partial charge in [0, 0.05) is 6.04 Å². The molecule has 1 aliphatic heterocycles. The highest BCUT2D eigenvalue weighted by Gasteiger charge is 2.21. The van der Waals surface area contributed by atoms with Gasteiger partial charge in [-0.05, 0) is 45.1 Å². The van der Waals surface area contributed by atoms with Crippen LogP contribution in [0.3, 0.4) is 0 Å². The molecule has 90 valence electrons. The topological polar surface area (TPSA) is 21.3 Å². The maximum absolute atomic E-state index is 5.82. The number of ether oxygens (including phenoxy) is 1. The number of hydrogen-bond donors (Lipinski definition) is 1. The summed E-state index contributed by atoms with van der Waals surface area (Å²) in [5, 5.41) is 3.49. The SMILES string of the molecule is CC(CCC1CCC(C)O1)CNC(C)C. The first-order valence-electron chi connectivity index (χ1n) is 6.46. The fraction of sp³-hybridized carbons (Fsp3) is 1.00. The maximum atomic E-state index is 5.82. The first-order valence-corrected chi connectivity index (χ1v) is 6.46. The summed E-state index contributed by atoms with van der Waals surface area (Å²) in [4.78, 5) is 0. The van der Waals surface area contributed by atoms with Crippen LogP contribution in [-0.2, 0) is 4.74 Å². The predicted octanol–water partition coefficient (Wildman–Crippen LogP) is 2.97. The lowest BCUT2D eigenvalue weighted by atomic mass is 10.0. The normalized spacial score (nSPS) is 28.6. The molecule has 1 fully saturated rings. The average molecular weight is 213 g/mol. The van der Waals surface area contributed by atoms with Gasteiger partial charge >= 0.3 is 0 Å². The van der Waals surface area contributed by atoms with Gasteiger partial charge in [0.2, 0.25) is 0 Å². The lowest BCUT2D eigenvalue weighted by Gasteiger charge is -2.17. The fourth-order valence-corrected chi connectivity index (χ4v) is 2.11. The number of rotatable bonds is 6. The molecule has 0 aromatic carbocycles. The Kier molecular flexibility index (Phi) is 5.62. The Balaban J connectivity index is 2.03. The fourth-order valence-electron chi connectivity index (χ4n) is 2.11. The molecule has 0 aromatic heterocycles. The van der Waals surface area contributed by atoms with Gasteiger partial charge in [-0.3, -0.25) is 0 Å². The van der Waals surface area contributed by atoms with Crippen LogP contribution in [0, 0.1) is 5.92 Å². The maximum Gasteiger partial charge on any atom is 0.0579 e. The van der Waals surface area contributed by atoms with Crippen molar-refractivity contribution in [2.24, 2.45) is 5.92 Å². The van der Waals surface area contributed by atoms with E-state index in [0.717, 1.165) is 12.5 Å². The summed E-state index contributed by atoms with van der Waals surface area (Å²) in [5.74, 6) is 0.770. The highest BCUT2D eigenvalue weighted by Crippen LogP contribution is 2.23. The van der Waals surface area contributed by atoms with Crippen molar-refractivity contribution in [2.75, 3.05) is 6.54 Å². The molecule has 1 N–H and O–H groups in total. The Bertz CT molecular complexity index is 170. The van der Waals surface area contributed by atoms with Crippen molar-refractivity contribution in [1.82, 2.24) is 5.32 Å². The molecule has 1 heterocycles. The van der Waals surface area contributed by atoms with E-state index in [0.29, 0.717) is 18.2 Å². The van der Waals surface area contributed by atoms with Crippen LogP contribution in [0.4, 0.5) is 0 Å². The first kappa shape index (κ1) is 13.0. The largest absolute Gasteiger partial charge is 0.375 e. The van der Waals surface area contributed by atoms with Gasteiger partial charge in [-0.15, -0.1) is 0 Å². The highest BCUT2D eigenvalue weighted by molar-refractivity contribution is 4.72. The Labute approximate surface area is 94.8 Å². The van der Waals surface area contributed by atoms with Crippen LogP contribution >= 0.6 is 0 Å². The molecule has 1 aliphatic rings. The average Bonchev–Trinajstić information content (AvgIpc) is 2.58. The summed E-state index contributed by atoms with van der Waals surface area (Å²) in [6, 6.07) is 0.607. The third-order valence-electron chi connectivity index (χ3n) is 3.18. The van der Waals surface area contributed by atoms with Crippen molar-refractivity contribution >= 4 is 0 Å².